The van der Waals surface area contributed by atoms with Gasteiger partial charge in [0.15, 0.2) is 5.11 Å². The van der Waals surface area contributed by atoms with Crippen molar-refractivity contribution in [3.63, 3.8) is 0 Å². The topological polar surface area (TPSA) is 62.4 Å². The number of hydrazine groups is 1. The molecule has 5 nitrogen and oxygen atoms in total. The van der Waals surface area contributed by atoms with Gasteiger partial charge in [0.05, 0.1) is 12.7 Å². The number of benzene rings is 2. The fourth-order valence-corrected chi connectivity index (χ4v) is 2.68. The lowest BCUT2D eigenvalue weighted by Crippen LogP contribution is -2.44. The minimum Gasteiger partial charge on any atom is -0.496 e. The van der Waals surface area contributed by atoms with Gasteiger partial charge in [-0.1, -0.05) is 36.8 Å². The summed E-state index contributed by atoms with van der Waals surface area (Å²) < 4.78 is 5.23. The van der Waals surface area contributed by atoms with Gasteiger partial charge in [0.2, 0.25) is 0 Å². The first-order valence-electron chi connectivity index (χ1n) is 8.06. The summed E-state index contributed by atoms with van der Waals surface area (Å²) in [5.74, 6) is 0.196. The molecule has 2 rings (SSSR count). The zero-order valence-corrected chi connectivity index (χ0v) is 15.7. The molecule has 0 aliphatic rings. The summed E-state index contributed by atoms with van der Waals surface area (Å²) in [5.41, 5.74) is 9.99. The van der Waals surface area contributed by atoms with Crippen molar-refractivity contribution in [2.45, 2.75) is 27.2 Å². The molecular formula is C19H23N3O2S. The van der Waals surface area contributed by atoms with Gasteiger partial charge in [-0.05, 0) is 55.7 Å². The van der Waals surface area contributed by atoms with Crippen LogP contribution in [0.5, 0.6) is 5.75 Å². The van der Waals surface area contributed by atoms with Crippen LogP contribution in [0.4, 0.5) is 5.69 Å². The average Bonchev–Trinajstić information content (AvgIpc) is 2.61. The van der Waals surface area contributed by atoms with E-state index in [9.17, 15) is 4.79 Å². The van der Waals surface area contributed by atoms with Crippen molar-refractivity contribution in [2.24, 2.45) is 0 Å². The predicted octanol–water partition coefficient (Wildman–Crippen LogP) is 3.51. The van der Waals surface area contributed by atoms with Gasteiger partial charge in [0.1, 0.15) is 5.75 Å². The molecule has 0 aliphatic carbocycles. The first-order chi connectivity index (χ1) is 12.0. The molecule has 0 aliphatic heterocycles. The molecule has 0 atom stereocenters. The lowest BCUT2D eigenvalue weighted by molar-refractivity contribution is 0.0941. The summed E-state index contributed by atoms with van der Waals surface area (Å²) >= 11 is 5.29. The first-order valence-corrected chi connectivity index (χ1v) is 8.47. The highest BCUT2D eigenvalue weighted by atomic mass is 32.1. The third-order valence-electron chi connectivity index (χ3n) is 3.87. The minimum atomic E-state index is -0.315. The fraction of sp³-hybridized carbons (Fsp3) is 0.263. The van der Waals surface area contributed by atoms with Gasteiger partial charge in [-0.2, -0.15) is 0 Å². The second kappa shape index (κ2) is 8.48. The lowest BCUT2D eigenvalue weighted by atomic mass is 10.1. The Hall–Kier alpha value is -2.60. The maximum atomic E-state index is 12.4. The van der Waals surface area contributed by atoms with Gasteiger partial charge in [0, 0.05) is 5.69 Å². The van der Waals surface area contributed by atoms with E-state index in [-0.39, 0.29) is 5.91 Å². The van der Waals surface area contributed by atoms with E-state index in [1.165, 1.54) is 7.11 Å². The summed E-state index contributed by atoms with van der Waals surface area (Å²) in [6.07, 6.45) is 0.888. The second-order valence-electron chi connectivity index (χ2n) is 5.70. The number of ether oxygens (including phenoxy) is 1. The molecule has 0 saturated carbocycles. The van der Waals surface area contributed by atoms with E-state index in [0.29, 0.717) is 16.4 Å². The maximum absolute atomic E-state index is 12.4. The van der Waals surface area contributed by atoms with Gasteiger partial charge in [-0.15, -0.1) is 0 Å². The number of rotatable bonds is 4. The second-order valence-corrected chi connectivity index (χ2v) is 6.11. The molecule has 132 valence electrons. The third-order valence-corrected chi connectivity index (χ3v) is 4.07. The Balaban J connectivity index is 2.03. The predicted molar refractivity (Wildman–Crippen MR) is 105 cm³/mol. The van der Waals surface area contributed by atoms with Crippen molar-refractivity contribution < 1.29 is 9.53 Å². The van der Waals surface area contributed by atoms with Crippen molar-refractivity contribution in [3.05, 3.63) is 58.7 Å². The van der Waals surface area contributed by atoms with Gasteiger partial charge in [-0.25, -0.2) is 0 Å². The summed E-state index contributed by atoms with van der Waals surface area (Å²) in [5, 5.41) is 3.47. The molecule has 6 heteroatoms. The van der Waals surface area contributed by atoms with Gasteiger partial charge in [0.25, 0.3) is 5.91 Å². The molecule has 3 N–H and O–H groups in total. The Kier molecular flexibility index (Phi) is 6.36. The monoisotopic (exact) mass is 357 g/mol. The van der Waals surface area contributed by atoms with Crippen LogP contribution in [0.25, 0.3) is 0 Å². The molecule has 0 spiro atoms. The van der Waals surface area contributed by atoms with Crippen LogP contribution in [0.15, 0.2) is 36.4 Å². The Morgan fingerprint density at radius 2 is 1.92 bits per heavy atom. The highest BCUT2D eigenvalue weighted by molar-refractivity contribution is 7.80. The number of amides is 1. The number of carbonyl (C=O) groups excluding carboxylic acids is 1. The standard InChI is InChI=1S/C19H23N3O2S/c1-5-14-8-6-7-13(3)17(14)20-19(25)22-21-18(23)15-11-12(2)9-10-16(15)24-4/h6-11H,5H2,1-4H3,(H,21,23)(H2,20,22,25). The van der Waals surface area contributed by atoms with E-state index in [1.807, 2.05) is 38.1 Å². The Bertz CT molecular complexity index is 790. The van der Waals surface area contributed by atoms with Gasteiger partial charge >= 0.3 is 0 Å². The fourth-order valence-electron chi connectivity index (χ4n) is 2.53. The Labute approximate surface area is 153 Å². The minimum absolute atomic E-state index is 0.315. The zero-order chi connectivity index (χ0) is 18.4. The number of hydrogen-bond acceptors (Lipinski definition) is 3. The van der Waals surface area contributed by atoms with Crippen LogP contribution in [0.1, 0.15) is 34.0 Å². The average molecular weight is 357 g/mol. The van der Waals surface area contributed by atoms with Crippen molar-refractivity contribution in [2.75, 3.05) is 12.4 Å². The number of nitrogens with one attached hydrogen (secondary N) is 3. The summed E-state index contributed by atoms with van der Waals surface area (Å²) in [6, 6.07) is 11.5. The van der Waals surface area contributed by atoms with E-state index in [4.69, 9.17) is 17.0 Å². The van der Waals surface area contributed by atoms with Gasteiger partial charge < -0.3 is 10.1 Å². The number of carbonyl (C=O) groups is 1. The number of hydrogen-bond donors (Lipinski definition) is 3. The van der Waals surface area contributed by atoms with E-state index in [1.54, 1.807) is 12.1 Å². The SMILES string of the molecule is CCc1cccc(C)c1NC(=S)NNC(=O)c1cc(C)ccc1OC. The number of para-hydroxylation sites is 1. The van der Waals surface area contributed by atoms with Crippen LogP contribution in [0.3, 0.4) is 0 Å². The molecule has 2 aromatic carbocycles. The largest absolute Gasteiger partial charge is 0.496 e. The maximum Gasteiger partial charge on any atom is 0.273 e. The summed E-state index contributed by atoms with van der Waals surface area (Å²) in [7, 11) is 1.53. The third kappa shape index (κ3) is 4.70. The molecule has 1 amide bonds. The van der Waals surface area contributed by atoms with Crippen molar-refractivity contribution in [1.82, 2.24) is 10.9 Å². The first kappa shape index (κ1) is 18.7. The zero-order valence-electron chi connectivity index (χ0n) is 14.9. The van der Waals surface area contributed by atoms with Crippen LogP contribution in [-0.2, 0) is 6.42 Å². The quantitative estimate of drug-likeness (QED) is 0.577. The van der Waals surface area contributed by atoms with Crippen LogP contribution >= 0.6 is 12.2 Å². The molecule has 2 aromatic rings. The van der Waals surface area contributed by atoms with E-state index in [2.05, 4.69) is 23.1 Å². The van der Waals surface area contributed by atoms with Crippen molar-refractivity contribution in [1.29, 1.82) is 0 Å². The molecule has 25 heavy (non-hydrogen) atoms. The number of methoxy groups -OCH3 is 1. The van der Waals surface area contributed by atoms with Gasteiger partial charge in [-0.3, -0.25) is 15.6 Å². The molecule has 0 heterocycles. The van der Waals surface area contributed by atoms with Crippen LogP contribution in [0, 0.1) is 13.8 Å². The smallest absolute Gasteiger partial charge is 0.273 e. The van der Waals surface area contributed by atoms with Crippen LogP contribution < -0.4 is 20.9 Å². The van der Waals surface area contributed by atoms with E-state index < -0.39 is 0 Å². The Morgan fingerprint density at radius 1 is 1.16 bits per heavy atom. The summed E-state index contributed by atoms with van der Waals surface area (Å²) in [6.45, 7) is 6.02. The van der Waals surface area contributed by atoms with E-state index in [0.717, 1.165) is 28.8 Å². The molecule has 0 radical (unpaired) electrons. The molecule has 0 bridgehead atoms. The lowest BCUT2D eigenvalue weighted by Gasteiger charge is -2.16. The van der Waals surface area contributed by atoms with Crippen molar-refractivity contribution in [3.8, 4) is 5.75 Å². The number of aryl methyl sites for hydroxylation is 3. The highest BCUT2D eigenvalue weighted by Crippen LogP contribution is 2.21. The Morgan fingerprint density at radius 3 is 2.60 bits per heavy atom. The van der Waals surface area contributed by atoms with Crippen molar-refractivity contribution >= 4 is 28.9 Å². The number of thiocarbonyl (C=S) groups is 1. The molecule has 0 aromatic heterocycles. The normalized spacial score (nSPS) is 10.1. The summed E-state index contributed by atoms with van der Waals surface area (Å²) in [4.78, 5) is 12.4. The van der Waals surface area contributed by atoms with Crippen LogP contribution in [-0.4, -0.2) is 18.1 Å². The number of anilines is 1. The van der Waals surface area contributed by atoms with E-state index >= 15 is 0 Å². The highest BCUT2D eigenvalue weighted by Gasteiger charge is 2.13. The molecular weight excluding hydrogens is 334 g/mol. The molecule has 0 fully saturated rings. The van der Waals surface area contributed by atoms with Crippen LogP contribution in [0.2, 0.25) is 0 Å². The molecule has 0 saturated heterocycles. The molecule has 0 unspecified atom stereocenters.